The van der Waals surface area contributed by atoms with Crippen LogP contribution in [-0.2, 0) is 14.9 Å². The topological polar surface area (TPSA) is 105 Å². The summed E-state index contributed by atoms with van der Waals surface area (Å²) in [5.74, 6) is -1.17. The lowest BCUT2D eigenvalue weighted by molar-refractivity contribution is -0.123. The Labute approximate surface area is 192 Å². The van der Waals surface area contributed by atoms with Gasteiger partial charge in [-0.05, 0) is 69.0 Å². The molecule has 2 amide bonds. The number of carboxylic acid groups (broad SMARTS) is 1. The molecule has 1 aliphatic carbocycles. The first-order valence-corrected chi connectivity index (χ1v) is 10.8. The second-order valence-corrected chi connectivity index (χ2v) is 9.36. The highest BCUT2D eigenvalue weighted by Crippen LogP contribution is 2.48. The Balaban J connectivity index is 1.74. The van der Waals surface area contributed by atoms with Crippen molar-refractivity contribution in [2.75, 3.05) is 6.54 Å². The van der Waals surface area contributed by atoms with Crippen molar-refractivity contribution >= 4 is 29.6 Å². The Morgan fingerprint density at radius 1 is 1.06 bits per heavy atom. The fourth-order valence-electron chi connectivity index (χ4n) is 3.46. The minimum Gasteiger partial charge on any atom is -0.478 e. The van der Waals surface area contributed by atoms with Gasteiger partial charge in [0.05, 0.1) is 17.0 Å². The van der Waals surface area contributed by atoms with Crippen molar-refractivity contribution in [1.29, 1.82) is 0 Å². The maximum atomic E-state index is 13.0. The Bertz CT molecular complexity index is 993. The summed E-state index contributed by atoms with van der Waals surface area (Å²) in [6, 6.07) is 12.8. The lowest BCUT2D eigenvalue weighted by Crippen LogP contribution is -2.43. The van der Waals surface area contributed by atoms with Gasteiger partial charge in [-0.1, -0.05) is 35.9 Å². The van der Waals surface area contributed by atoms with E-state index in [-0.39, 0.29) is 18.0 Å². The van der Waals surface area contributed by atoms with Gasteiger partial charge in [-0.25, -0.2) is 9.59 Å². The zero-order valence-corrected chi connectivity index (χ0v) is 19.0. The van der Waals surface area contributed by atoms with Crippen molar-refractivity contribution in [3.05, 3.63) is 70.2 Å². The van der Waals surface area contributed by atoms with Crippen LogP contribution in [0.5, 0.6) is 0 Å². The van der Waals surface area contributed by atoms with Gasteiger partial charge in [-0.3, -0.25) is 4.79 Å². The van der Waals surface area contributed by atoms with E-state index < -0.39 is 29.1 Å². The van der Waals surface area contributed by atoms with Gasteiger partial charge in [-0.15, -0.1) is 0 Å². The molecule has 0 radical (unpaired) electrons. The van der Waals surface area contributed by atoms with E-state index in [2.05, 4.69) is 10.6 Å². The number of carbonyl (C=O) groups excluding carboxylic acids is 2. The first-order chi connectivity index (χ1) is 15.0. The number of nitrogens with one attached hydrogen (secondary N) is 2. The van der Waals surface area contributed by atoms with Gasteiger partial charge in [0, 0.05) is 11.6 Å². The number of hydrogen-bond acceptors (Lipinski definition) is 4. The minimum atomic E-state index is -1.04. The number of carbonyl (C=O) groups is 3. The van der Waals surface area contributed by atoms with Gasteiger partial charge in [0.1, 0.15) is 5.60 Å². The van der Waals surface area contributed by atoms with Crippen molar-refractivity contribution in [1.82, 2.24) is 10.6 Å². The van der Waals surface area contributed by atoms with Crippen LogP contribution in [-0.4, -0.2) is 35.2 Å². The van der Waals surface area contributed by atoms with Gasteiger partial charge in [-0.2, -0.15) is 0 Å². The number of benzene rings is 2. The maximum Gasteiger partial charge on any atom is 0.408 e. The summed E-state index contributed by atoms with van der Waals surface area (Å²) in [6.07, 6.45) is 0.841. The van der Waals surface area contributed by atoms with Crippen LogP contribution < -0.4 is 10.6 Å². The van der Waals surface area contributed by atoms with Crippen LogP contribution >= 0.6 is 11.6 Å². The fraction of sp³-hybridized carbons (Fsp3) is 0.375. The zero-order chi connectivity index (χ0) is 23.5. The Kier molecular flexibility index (Phi) is 6.79. The number of ether oxygens (including phenoxy) is 1. The molecule has 2 aromatic rings. The minimum absolute atomic E-state index is 0.125. The average Bonchev–Trinajstić information content (AvgIpc) is 3.52. The normalized spacial score (nSPS) is 15.4. The van der Waals surface area contributed by atoms with Gasteiger partial charge < -0.3 is 20.5 Å². The molecular weight excluding hydrogens is 432 g/mol. The molecule has 0 aromatic heterocycles. The molecule has 2 aromatic carbocycles. The summed E-state index contributed by atoms with van der Waals surface area (Å²) in [4.78, 5) is 36.6. The molecule has 1 unspecified atom stereocenters. The molecule has 1 saturated carbocycles. The van der Waals surface area contributed by atoms with Crippen LogP contribution in [0.4, 0.5) is 4.79 Å². The number of aromatic carboxylic acids is 1. The third-order valence-corrected chi connectivity index (χ3v) is 5.55. The largest absolute Gasteiger partial charge is 0.478 e. The van der Waals surface area contributed by atoms with Crippen LogP contribution in [0.2, 0.25) is 5.02 Å². The lowest BCUT2D eigenvalue weighted by Gasteiger charge is -2.25. The monoisotopic (exact) mass is 458 g/mol. The van der Waals surface area contributed by atoms with Gasteiger partial charge >= 0.3 is 12.1 Å². The van der Waals surface area contributed by atoms with E-state index in [0.29, 0.717) is 10.6 Å². The van der Waals surface area contributed by atoms with E-state index in [1.54, 1.807) is 45.0 Å². The van der Waals surface area contributed by atoms with Crippen LogP contribution in [0.3, 0.4) is 0 Å². The molecule has 1 atom stereocenters. The fourth-order valence-corrected chi connectivity index (χ4v) is 3.59. The molecular formula is C24H27ClN2O5. The Morgan fingerprint density at radius 3 is 2.16 bits per heavy atom. The summed E-state index contributed by atoms with van der Waals surface area (Å²) < 4.78 is 5.35. The van der Waals surface area contributed by atoms with E-state index in [1.165, 1.54) is 12.1 Å². The molecule has 3 N–H and O–H groups in total. The Morgan fingerprint density at radius 2 is 1.66 bits per heavy atom. The summed E-state index contributed by atoms with van der Waals surface area (Å²) in [5.41, 5.74) is 0.416. The van der Waals surface area contributed by atoms with E-state index in [1.807, 2.05) is 12.1 Å². The van der Waals surface area contributed by atoms with E-state index >= 15 is 0 Å². The predicted octanol–water partition coefficient (Wildman–Crippen LogP) is 4.45. The molecule has 0 saturated heterocycles. The number of hydrogen-bond donors (Lipinski definition) is 3. The van der Waals surface area contributed by atoms with Crippen molar-refractivity contribution in [2.45, 2.75) is 50.7 Å². The van der Waals surface area contributed by atoms with Crippen LogP contribution in [0, 0.1) is 0 Å². The first-order valence-electron chi connectivity index (χ1n) is 10.4. The second kappa shape index (κ2) is 9.20. The van der Waals surface area contributed by atoms with E-state index in [4.69, 9.17) is 21.4 Å². The molecule has 8 heteroatoms. The molecule has 1 fully saturated rings. The maximum absolute atomic E-state index is 13.0. The molecule has 32 heavy (non-hydrogen) atoms. The molecule has 7 nitrogen and oxygen atoms in total. The third kappa shape index (κ3) is 5.79. The van der Waals surface area contributed by atoms with E-state index in [9.17, 15) is 14.4 Å². The summed E-state index contributed by atoms with van der Waals surface area (Å²) in [7, 11) is 0. The van der Waals surface area contributed by atoms with Crippen molar-refractivity contribution < 1.29 is 24.2 Å². The van der Waals surface area contributed by atoms with Crippen LogP contribution in [0.25, 0.3) is 0 Å². The number of carboxylic acids is 1. The standard InChI is InChI=1S/C24H27ClN2O5/c1-23(2,3)32-22(31)27-19(15-4-6-16(7-5-15)20(28)29)14-26-21(30)24(12-13-24)17-8-10-18(25)11-9-17/h4-11,19H,12-14H2,1-3H3,(H,26,30)(H,27,31)(H,28,29). The summed E-state index contributed by atoms with van der Waals surface area (Å²) in [5, 5.41) is 15.5. The zero-order valence-electron chi connectivity index (χ0n) is 18.3. The molecule has 1 aliphatic rings. The van der Waals surface area contributed by atoms with E-state index in [0.717, 1.165) is 18.4 Å². The van der Waals surface area contributed by atoms with Crippen molar-refractivity contribution in [3.63, 3.8) is 0 Å². The lowest BCUT2D eigenvalue weighted by atomic mass is 9.94. The molecule has 0 bridgehead atoms. The first kappa shape index (κ1) is 23.6. The molecule has 3 rings (SSSR count). The predicted molar refractivity (Wildman–Crippen MR) is 121 cm³/mol. The number of rotatable bonds is 7. The second-order valence-electron chi connectivity index (χ2n) is 8.93. The van der Waals surface area contributed by atoms with Gasteiger partial charge in [0.25, 0.3) is 0 Å². The van der Waals surface area contributed by atoms with Crippen LogP contribution in [0.15, 0.2) is 48.5 Å². The molecule has 0 spiro atoms. The summed E-state index contributed by atoms with van der Waals surface area (Å²) >= 11 is 5.97. The van der Waals surface area contributed by atoms with Gasteiger partial charge in [0.2, 0.25) is 5.91 Å². The van der Waals surface area contributed by atoms with Crippen molar-refractivity contribution in [3.8, 4) is 0 Å². The molecule has 170 valence electrons. The highest BCUT2D eigenvalue weighted by molar-refractivity contribution is 6.30. The van der Waals surface area contributed by atoms with Crippen molar-refractivity contribution in [2.24, 2.45) is 0 Å². The van der Waals surface area contributed by atoms with Crippen LogP contribution in [0.1, 0.15) is 61.1 Å². The highest BCUT2D eigenvalue weighted by atomic mass is 35.5. The molecule has 0 heterocycles. The smallest absolute Gasteiger partial charge is 0.408 e. The quantitative estimate of drug-likeness (QED) is 0.568. The Hall–Kier alpha value is -3.06. The highest BCUT2D eigenvalue weighted by Gasteiger charge is 2.51. The number of alkyl carbamates (subject to hydrolysis) is 1. The SMILES string of the molecule is CC(C)(C)OC(=O)NC(CNC(=O)C1(c2ccc(Cl)cc2)CC1)c1ccc(C(=O)O)cc1. The third-order valence-electron chi connectivity index (χ3n) is 5.30. The number of amides is 2. The number of halogens is 1. The van der Waals surface area contributed by atoms with Gasteiger partial charge in [0.15, 0.2) is 0 Å². The molecule has 0 aliphatic heterocycles. The average molecular weight is 459 g/mol. The summed E-state index contributed by atoms with van der Waals surface area (Å²) in [6.45, 7) is 5.40.